The van der Waals surface area contributed by atoms with Crippen LogP contribution in [0.1, 0.15) is 27.0 Å². The van der Waals surface area contributed by atoms with E-state index < -0.39 is 6.10 Å². The quantitative estimate of drug-likeness (QED) is 0.895. The summed E-state index contributed by atoms with van der Waals surface area (Å²) >= 11 is 1.66. The molecule has 0 spiro atoms. The van der Waals surface area contributed by atoms with Gasteiger partial charge >= 0.3 is 0 Å². The Labute approximate surface area is 112 Å². The summed E-state index contributed by atoms with van der Waals surface area (Å²) in [4.78, 5) is 4.53. The Kier molecular flexibility index (Phi) is 2.88. The Bertz CT molecular complexity index is 576. The second-order valence-electron chi connectivity index (χ2n) is 4.91. The molecule has 18 heavy (non-hydrogen) atoms. The number of hydrogen-bond donors (Lipinski definition) is 1. The molecule has 3 heteroatoms. The van der Waals surface area contributed by atoms with E-state index in [1.807, 2.05) is 12.1 Å². The van der Waals surface area contributed by atoms with E-state index in [0.29, 0.717) is 0 Å². The van der Waals surface area contributed by atoms with Gasteiger partial charge in [0.1, 0.15) is 6.10 Å². The van der Waals surface area contributed by atoms with Crippen LogP contribution in [0, 0.1) is 6.92 Å². The normalized spacial score (nSPS) is 15.8. The van der Waals surface area contributed by atoms with Crippen molar-refractivity contribution in [2.24, 2.45) is 0 Å². The van der Waals surface area contributed by atoms with Gasteiger partial charge < -0.3 is 10.0 Å². The molecule has 2 nitrogen and oxygen atoms in total. The highest BCUT2D eigenvalue weighted by molar-refractivity contribution is 7.12. The Hall–Kier alpha value is -1.32. The molecule has 0 fully saturated rings. The van der Waals surface area contributed by atoms with Gasteiger partial charge in [-0.15, -0.1) is 11.3 Å². The van der Waals surface area contributed by atoms with Crippen molar-refractivity contribution in [3.8, 4) is 0 Å². The molecule has 94 valence electrons. The minimum absolute atomic E-state index is 0.486. The van der Waals surface area contributed by atoms with Gasteiger partial charge in [0.2, 0.25) is 0 Å². The van der Waals surface area contributed by atoms with Crippen molar-refractivity contribution in [2.75, 3.05) is 18.5 Å². The van der Waals surface area contributed by atoms with E-state index in [0.717, 1.165) is 23.4 Å². The Morgan fingerprint density at radius 2 is 2.11 bits per heavy atom. The first kappa shape index (κ1) is 11.8. The molecule has 3 rings (SSSR count). The molecular weight excluding hydrogens is 242 g/mol. The van der Waals surface area contributed by atoms with E-state index in [-0.39, 0.29) is 0 Å². The van der Waals surface area contributed by atoms with Crippen molar-refractivity contribution in [1.82, 2.24) is 0 Å². The lowest BCUT2D eigenvalue weighted by Crippen LogP contribution is -2.12. The molecular formula is C15H17NOS. The van der Waals surface area contributed by atoms with Crippen molar-refractivity contribution >= 4 is 17.0 Å². The van der Waals surface area contributed by atoms with Crippen LogP contribution in [0.4, 0.5) is 5.69 Å². The van der Waals surface area contributed by atoms with Crippen molar-refractivity contribution in [3.05, 3.63) is 51.2 Å². The number of fused-ring (bicyclic) bond motifs is 1. The van der Waals surface area contributed by atoms with E-state index in [2.05, 4.69) is 37.1 Å². The summed E-state index contributed by atoms with van der Waals surface area (Å²) in [6.45, 7) is 3.14. The van der Waals surface area contributed by atoms with Crippen LogP contribution < -0.4 is 4.90 Å². The topological polar surface area (TPSA) is 23.5 Å². The van der Waals surface area contributed by atoms with Crippen LogP contribution in [-0.4, -0.2) is 18.7 Å². The second-order valence-corrected chi connectivity index (χ2v) is 6.23. The van der Waals surface area contributed by atoms with E-state index in [9.17, 15) is 5.11 Å². The third kappa shape index (κ3) is 1.93. The molecule has 1 N–H and O–H groups in total. The SMILES string of the molecule is Cc1ccc(C(O)c2ccc3c(c2)CCN3C)s1. The van der Waals surface area contributed by atoms with Crippen LogP contribution in [0.25, 0.3) is 0 Å². The Morgan fingerprint density at radius 3 is 2.83 bits per heavy atom. The molecule has 0 saturated carbocycles. The maximum atomic E-state index is 10.4. The van der Waals surface area contributed by atoms with Gasteiger partial charge in [-0.1, -0.05) is 12.1 Å². The molecule has 1 aromatic heterocycles. The highest BCUT2D eigenvalue weighted by Gasteiger charge is 2.19. The van der Waals surface area contributed by atoms with Gasteiger partial charge in [0, 0.05) is 29.0 Å². The minimum atomic E-state index is -0.486. The van der Waals surface area contributed by atoms with Gasteiger partial charge in [0.25, 0.3) is 0 Å². The summed E-state index contributed by atoms with van der Waals surface area (Å²) in [6, 6.07) is 10.4. The number of likely N-dealkylation sites (N-methyl/N-ethyl adjacent to an activating group) is 1. The predicted molar refractivity (Wildman–Crippen MR) is 76.5 cm³/mol. The molecule has 0 radical (unpaired) electrons. The van der Waals surface area contributed by atoms with Crippen LogP contribution in [0.2, 0.25) is 0 Å². The smallest absolute Gasteiger partial charge is 0.113 e. The third-order valence-corrected chi connectivity index (χ3v) is 4.63. The van der Waals surface area contributed by atoms with Crippen LogP contribution in [-0.2, 0) is 6.42 Å². The third-order valence-electron chi connectivity index (χ3n) is 3.58. The zero-order valence-corrected chi connectivity index (χ0v) is 11.5. The second kappa shape index (κ2) is 4.41. The van der Waals surface area contributed by atoms with Crippen LogP contribution in [0.5, 0.6) is 0 Å². The highest BCUT2D eigenvalue weighted by atomic mass is 32.1. The van der Waals surface area contributed by atoms with Gasteiger partial charge in [-0.3, -0.25) is 0 Å². The maximum absolute atomic E-state index is 10.4. The number of hydrogen-bond acceptors (Lipinski definition) is 3. The van der Waals surface area contributed by atoms with Crippen LogP contribution >= 0.6 is 11.3 Å². The van der Waals surface area contributed by atoms with Gasteiger partial charge in [-0.2, -0.15) is 0 Å². The maximum Gasteiger partial charge on any atom is 0.113 e. The number of aliphatic hydroxyl groups is 1. The molecule has 0 bridgehead atoms. The number of anilines is 1. The summed E-state index contributed by atoms with van der Waals surface area (Å²) in [7, 11) is 2.12. The monoisotopic (exact) mass is 259 g/mol. The van der Waals surface area contributed by atoms with Crippen LogP contribution in [0.3, 0.4) is 0 Å². The predicted octanol–water partition coefficient (Wildman–Crippen LogP) is 3.13. The van der Waals surface area contributed by atoms with Gasteiger partial charge in [-0.25, -0.2) is 0 Å². The lowest BCUT2D eigenvalue weighted by Gasteiger charge is -2.14. The first-order chi connectivity index (χ1) is 8.65. The van der Waals surface area contributed by atoms with Crippen molar-refractivity contribution in [1.29, 1.82) is 0 Å². The lowest BCUT2D eigenvalue weighted by molar-refractivity contribution is 0.224. The first-order valence-electron chi connectivity index (χ1n) is 6.23. The van der Waals surface area contributed by atoms with Crippen molar-refractivity contribution in [2.45, 2.75) is 19.4 Å². The molecule has 1 atom stereocenters. The summed E-state index contributed by atoms with van der Waals surface area (Å²) in [6.07, 6.45) is 0.593. The van der Waals surface area contributed by atoms with Gasteiger partial charge in [0.05, 0.1) is 0 Å². The summed E-state index contributed by atoms with van der Waals surface area (Å²) in [5.41, 5.74) is 3.65. The average molecular weight is 259 g/mol. The largest absolute Gasteiger partial charge is 0.383 e. The fourth-order valence-corrected chi connectivity index (χ4v) is 3.41. The van der Waals surface area contributed by atoms with Crippen molar-refractivity contribution < 1.29 is 5.11 Å². The number of aryl methyl sites for hydroxylation is 1. The molecule has 2 aromatic rings. The van der Waals surface area contributed by atoms with Crippen molar-refractivity contribution in [3.63, 3.8) is 0 Å². The average Bonchev–Trinajstić information content (AvgIpc) is 2.95. The summed E-state index contributed by atoms with van der Waals surface area (Å²) in [5, 5.41) is 10.4. The first-order valence-corrected chi connectivity index (χ1v) is 7.05. The van der Waals surface area contributed by atoms with E-state index in [4.69, 9.17) is 0 Å². The van der Waals surface area contributed by atoms with Gasteiger partial charge in [0.15, 0.2) is 0 Å². The Balaban J connectivity index is 1.93. The summed E-state index contributed by atoms with van der Waals surface area (Å²) < 4.78 is 0. The number of nitrogens with zero attached hydrogens (tertiary/aromatic N) is 1. The van der Waals surface area contributed by atoms with E-state index >= 15 is 0 Å². The number of rotatable bonds is 2. The fourth-order valence-electron chi connectivity index (χ4n) is 2.52. The summed E-state index contributed by atoms with van der Waals surface area (Å²) in [5.74, 6) is 0. The minimum Gasteiger partial charge on any atom is -0.383 e. The van der Waals surface area contributed by atoms with E-state index in [1.54, 1.807) is 11.3 Å². The molecule has 1 aliphatic rings. The molecule has 0 aliphatic carbocycles. The lowest BCUT2D eigenvalue weighted by atomic mass is 10.0. The zero-order chi connectivity index (χ0) is 12.7. The Morgan fingerprint density at radius 1 is 1.28 bits per heavy atom. The zero-order valence-electron chi connectivity index (χ0n) is 10.7. The number of benzene rings is 1. The highest BCUT2D eigenvalue weighted by Crippen LogP contribution is 2.33. The molecule has 0 amide bonds. The standard InChI is InChI=1S/C15H17NOS/c1-10-3-6-14(18-10)15(17)12-4-5-13-11(9-12)7-8-16(13)2/h3-6,9,15,17H,7-8H2,1-2H3. The molecule has 2 heterocycles. The number of thiophene rings is 1. The molecule has 0 saturated heterocycles. The molecule has 1 aromatic carbocycles. The number of aliphatic hydroxyl groups excluding tert-OH is 1. The van der Waals surface area contributed by atoms with E-state index in [1.165, 1.54) is 16.1 Å². The molecule has 1 unspecified atom stereocenters. The molecule has 1 aliphatic heterocycles. The fraction of sp³-hybridized carbons (Fsp3) is 0.333. The van der Waals surface area contributed by atoms with Gasteiger partial charge in [-0.05, 0) is 42.7 Å². The van der Waals surface area contributed by atoms with Crippen LogP contribution in [0.15, 0.2) is 30.3 Å².